The molecule has 2 aromatic rings. The summed E-state index contributed by atoms with van der Waals surface area (Å²) in [7, 11) is 3.68. The largest absolute Gasteiger partial charge is 0.328 e. The summed E-state index contributed by atoms with van der Waals surface area (Å²) in [6.07, 6.45) is 2.71. The number of imidazole rings is 1. The molecular weight excluding hydrogens is 262 g/mol. The third-order valence-electron chi connectivity index (χ3n) is 4.97. The summed E-state index contributed by atoms with van der Waals surface area (Å²) in [4.78, 5) is 12.1. The van der Waals surface area contributed by atoms with Gasteiger partial charge in [0.1, 0.15) is 0 Å². The van der Waals surface area contributed by atoms with Gasteiger partial charge in [-0.3, -0.25) is 9.13 Å². The highest BCUT2D eigenvalue weighted by Gasteiger charge is 2.33. The number of hydrogen-bond acceptors (Lipinski definition) is 2. The number of fused-ring (bicyclic) bond motifs is 1. The highest BCUT2D eigenvalue weighted by atomic mass is 16.1. The summed E-state index contributed by atoms with van der Waals surface area (Å²) in [5, 5.41) is 3.63. The van der Waals surface area contributed by atoms with Gasteiger partial charge in [0, 0.05) is 20.1 Å². The van der Waals surface area contributed by atoms with Crippen molar-refractivity contribution in [1.82, 2.24) is 14.5 Å². The fourth-order valence-corrected chi connectivity index (χ4v) is 3.44. The molecule has 1 aliphatic carbocycles. The molecule has 0 saturated heterocycles. The molecule has 1 N–H and O–H groups in total. The second-order valence-electron chi connectivity index (χ2n) is 6.38. The number of rotatable bonds is 5. The van der Waals surface area contributed by atoms with Gasteiger partial charge in [-0.05, 0) is 48.9 Å². The van der Waals surface area contributed by atoms with Crippen molar-refractivity contribution in [2.45, 2.75) is 32.7 Å². The quantitative estimate of drug-likeness (QED) is 0.918. The van der Waals surface area contributed by atoms with Crippen LogP contribution in [0.1, 0.15) is 38.3 Å². The second kappa shape index (κ2) is 5.34. The molecule has 2 atom stereocenters. The monoisotopic (exact) mass is 287 g/mol. The van der Waals surface area contributed by atoms with Crippen LogP contribution in [0, 0.1) is 11.8 Å². The molecule has 4 nitrogen and oxygen atoms in total. The van der Waals surface area contributed by atoms with Gasteiger partial charge in [0.05, 0.1) is 11.0 Å². The van der Waals surface area contributed by atoms with E-state index in [1.807, 2.05) is 14.1 Å². The number of aryl methyl sites for hydroxylation is 2. The molecule has 0 bridgehead atoms. The fraction of sp³-hybridized carbons (Fsp3) is 0.588. The summed E-state index contributed by atoms with van der Waals surface area (Å²) in [5.74, 6) is 1.49. The number of nitrogens with zero attached hydrogens (tertiary/aromatic N) is 2. The van der Waals surface area contributed by atoms with E-state index in [9.17, 15) is 4.79 Å². The van der Waals surface area contributed by atoms with Crippen LogP contribution in [-0.4, -0.2) is 15.7 Å². The summed E-state index contributed by atoms with van der Waals surface area (Å²) in [5.41, 5.74) is 3.36. The Morgan fingerprint density at radius 3 is 2.52 bits per heavy atom. The van der Waals surface area contributed by atoms with Crippen LogP contribution in [0.3, 0.4) is 0 Å². The van der Waals surface area contributed by atoms with E-state index in [1.54, 1.807) is 9.13 Å². The van der Waals surface area contributed by atoms with Crippen LogP contribution in [0.5, 0.6) is 0 Å². The number of hydrogen-bond donors (Lipinski definition) is 1. The van der Waals surface area contributed by atoms with Crippen molar-refractivity contribution in [2.24, 2.45) is 25.9 Å². The van der Waals surface area contributed by atoms with E-state index < -0.39 is 0 Å². The van der Waals surface area contributed by atoms with Crippen molar-refractivity contribution in [3.8, 4) is 0 Å². The van der Waals surface area contributed by atoms with Gasteiger partial charge < -0.3 is 5.32 Å². The van der Waals surface area contributed by atoms with Gasteiger partial charge in [-0.1, -0.05) is 19.9 Å². The molecule has 0 spiro atoms. The van der Waals surface area contributed by atoms with Crippen LogP contribution < -0.4 is 11.0 Å². The van der Waals surface area contributed by atoms with Gasteiger partial charge in [-0.2, -0.15) is 0 Å². The first-order chi connectivity index (χ1) is 10.0. The third kappa shape index (κ3) is 2.42. The SMILES string of the molecule is CCNC(c1ccc2c(c1)n(C)c(=O)n2C)C(C)C1CC1. The first-order valence-electron chi connectivity index (χ1n) is 7.93. The molecule has 114 valence electrons. The molecule has 2 unspecified atom stereocenters. The van der Waals surface area contributed by atoms with Crippen molar-refractivity contribution in [1.29, 1.82) is 0 Å². The van der Waals surface area contributed by atoms with Gasteiger partial charge in [0.15, 0.2) is 0 Å². The maximum Gasteiger partial charge on any atom is 0.328 e. The van der Waals surface area contributed by atoms with Gasteiger partial charge in [-0.25, -0.2) is 4.79 Å². The average Bonchev–Trinajstić information content (AvgIpc) is 3.31. The predicted octanol–water partition coefficient (Wildman–Crippen LogP) is 2.57. The first kappa shape index (κ1) is 14.4. The second-order valence-corrected chi connectivity index (χ2v) is 6.38. The zero-order valence-corrected chi connectivity index (χ0v) is 13.4. The van der Waals surface area contributed by atoms with Gasteiger partial charge >= 0.3 is 5.69 Å². The molecule has 1 aliphatic rings. The Hall–Kier alpha value is -1.55. The van der Waals surface area contributed by atoms with Crippen molar-refractivity contribution in [2.75, 3.05) is 6.54 Å². The molecule has 3 rings (SSSR count). The third-order valence-corrected chi connectivity index (χ3v) is 4.97. The molecule has 21 heavy (non-hydrogen) atoms. The van der Waals surface area contributed by atoms with Crippen LogP contribution in [0.15, 0.2) is 23.0 Å². The molecule has 1 aromatic carbocycles. The topological polar surface area (TPSA) is 39.0 Å². The maximum atomic E-state index is 12.1. The van der Waals surface area contributed by atoms with Gasteiger partial charge in [0.2, 0.25) is 0 Å². The lowest BCUT2D eigenvalue weighted by Gasteiger charge is -2.25. The summed E-state index contributed by atoms with van der Waals surface area (Å²) >= 11 is 0. The predicted molar refractivity (Wildman–Crippen MR) is 86.5 cm³/mol. The lowest BCUT2D eigenvalue weighted by Crippen LogP contribution is -2.27. The Morgan fingerprint density at radius 2 is 1.90 bits per heavy atom. The molecular formula is C17H25N3O. The Labute approximate surface area is 125 Å². The Bertz CT molecular complexity index is 709. The Kier molecular flexibility index (Phi) is 3.66. The number of aromatic nitrogens is 2. The zero-order chi connectivity index (χ0) is 15.1. The van der Waals surface area contributed by atoms with E-state index in [1.165, 1.54) is 18.4 Å². The van der Waals surface area contributed by atoms with E-state index >= 15 is 0 Å². The minimum atomic E-state index is 0.0393. The van der Waals surface area contributed by atoms with Crippen LogP contribution in [0.25, 0.3) is 11.0 Å². The minimum Gasteiger partial charge on any atom is -0.310 e. The van der Waals surface area contributed by atoms with Crippen LogP contribution in [0.2, 0.25) is 0 Å². The van der Waals surface area contributed by atoms with Gasteiger partial charge in [0.25, 0.3) is 0 Å². The maximum absolute atomic E-state index is 12.1. The standard InChI is InChI=1S/C17H25N3O/c1-5-18-16(11(2)12-6-7-12)13-8-9-14-15(10-13)20(4)17(21)19(14)3/h8-12,16,18H,5-7H2,1-4H3. The minimum absolute atomic E-state index is 0.0393. The molecule has 1 heterocycles. The van der Waals surface area contributed by atoms with Crippen LogP contribution in [0.4, 0.5) is 0 Å². The van der Waals surface area contributed by atoms with E-state index in [0.29, 0.717) is 12.0 Å². The van der Waals surface area contributed by atoms with Crippen LogP contribution >= 0.6 is 0 Å². The highest BCUT2D eigenvalue weighted by molar-refractivity contribution is 5.77. The van der Waals surface area contributed by atoms with Crippen molar-refractivity contribution < 1.29 is 0 Å². The van der Waals surface area contributed by atoms with E-state index in [2.05, 4.69) is 37.4 Å². The highest BCUT2D eigenvalue weighted by Crippen LogP contribution is 2.42. The molecule has 1 aromatic heterocycles. The Balaban J connectivity index is 2.05. The molecule has 0 amide bonds. The normalized spacial score (nSPS) is 18.1. The van der Waals surface area contributed by atoms with E-state index in [0.717, 1.165) is 23.5 Å². The van der Waals surface area contributed by atoms with E-state index in [-0.39, 0.29) is 5.69 Å². The number of nitrogens with one attached hydrogen (secondary N) is 1. The van der Waals surface area contributed by atoms with Crippen molar-refractivity contribution in [3.05, 3.63) is 34.2 Å². The van der Waals surface area contributed by atoms with Crippen molar-refractivity contribution in [3.63, 3.8) is 0 Å². The molecule has 0 radical (unpaired) electrons. The number of benzene rings is 1. The lowest BCUT2D eigenvalue weighted by atomic mass is 9.90. The smallest absolute Gasteiger partial charge is 0.310 e. The molecule has 4 heteroatoms. The van der Waals surface area contributed by atoms with E-state index in [4.69, 9.17) is 0 Å². The summed E-state index contributed by atoms with van der Waals surface area (Å²) < 4.78 is 3.45. The molecule has 0 aliphatic heterocycles. The first-order valence-corrected chi connectivity index (χ1v) is 7.93. The molecule has 1 fully saturated rings. The summed E-state index contributed by atoms with van der Waals surface area (Å²) in [6.45, 7) is 5.47. The average molecular weight is 287 g/mol. The lowest BCUT2D eigenvalue weighted by molar-refractivity contribution is 0.355. The Morgan fingerprint density at radius 1 is 1.24 bits per heavy atom. The zero-order valence-electron chi connectivity index (χ0n) is 13.4. The molecule has 1 saturated carbocycles. The van der Waals surface area contributed by atoms with Crippen LogP contribution in [-0.2, 0) is 14.1 Å². The van der Waals surface area contributed by atoms with Crippen molar-refractivity contribution >= 4 is 11.0 Å². The fourth-order valence-electron chi connectivity index (χ4n) is 3.44. The summed E-state index contributed by atoms with van der Waals surface area (Å²) in [6, 6.07) is 6.81. The van der Waals surface area contributed by atoms with Gasteiger partial charge in [-0.15, -0.1) is 0 Å².